The van der Waals surface area contributed by atoms with Crippen molar-refractivity contribution in [2.24, 2.45) is 0 Å². The quantitative estimate of drug-likeness (QED) is 0.835. The van der Waals surface area contributed by atoms with E-state index in [9.17, 15) is 22.4 Å². The molecule has 0 atom stereocenters. The number of piperidine rings is 2. The zero-order valence-electron chi connectivity index (χ0n) is 13.3. The lowest BCUT2D eigenvalue weighted by Crippen LogP contribution is -2.42. The van der Waals surface area contributed by atoms with Crippen molar-refractivity contribution in [3.63, 3.8) is 0 Å². The van der Waals surface area contributed by atoms with Gasteiger partial charge in [0.05, 0.1) is 0 Å². The third kappa shape index (κ3) is 3.55. The normalized spacial score (nSPS) is 21.8. The molecule has 2 saturated heterocycles. The third-order valence-corrected chi connectivity index (χ3v) is 4.86. The van der Waals surface area contributed by atoms with Crippen LogP contribution in [0.4, 0.5) is 17.6 Å². The maximum absolute atomic E-state index is 14.2. The average Bonchev–Trinajstić information content (AvgIpc) is 2.57. The monoisotopic (exact) mass is 344 g/mol. The maximum Gasteiger partial charge on any atom is 0.253 e. The van der Waals surface area contributed by atoms with Gasteiger partial charge in [-0.05, 0) is 49.5 Å². The summed E-state index contributed by atoms with van der Waals surface area (Å²) in [5.74, 6) is -5.38. The van der Waals surface area contributed by atoms with Crippen molar-refractivity contribution in [3.05, 3.63) is 34.9 Å². The van der Waals surface area contributed by atoms with Gasteiger partial charge in [0.1, 0.15) is 0 Å². The van der Waals surface area contributed by atoms with Gasteiger partial charge >= 0.3 is 0 Å². The van der Waals surface area contributed by atoms with Gasteiger partial charge in [0, 0.05) is 31.5 Å². The van der Waals surface area contributed by atoms with Crippen molar-refractivity contribution in [1.82, 2.24) is 10.2 Å². The molecule has 2 heterocycles. The minimum absolute atomic E-state index is 0.0349. The summed E-state index contributed by atoms with van der Waals surface area (Å²) in [4.78, 5) is 13.8. The number of halogens is 4. The van der Waals surface area contributed by atoms with Crippen LogP contribution in [-0.2, 0) is 0 Å². The molecule has 0 spiro atoms. The van der Waals surface area contributed by atoms with Gasteiger partial charge in [-0.3, -0.25) is 4.79 Å². The Morgan fingerprint density at radius 3 is 2.38 bits per heavy atom. The minimum Gasteiger partial charge on any atom is -0.338 e. The number of carbonyl (C=O) groups excluding carboxylic acids is 1. The minimum atomic E-state index is -2.76. The van der Waals surface area contributed by atoms with Gasteiger partial charge in [0.15, 0.2) is 11.6 Å². The molecule has 0 saturated carbocycles. The summed E-state index contributed by atoms with van der Waals surface area (Å²) in [6.07, 6.45) is 0.543. The molecule has 1 aromatic rings. The number of nitrogens with one attached hydrogen (secondary N) is 1. The molecule has 0 aliphatic carbocycles. The van der Waals surface area contributed by atoms with Crippen molar-refractivity contribution in [3.8, 4) is 0 Å². The summed E-state index contributed by atoms with van der Waals surface area (Å²) in [5.41, 5.74) is 0.245. The van der Waals surface area contributed by atoms with Gasteiger partial charge in [-0.15, -0.1) is 0 Å². The van der Waals surface area contributed by atoms with E-state index in [2.05, 4.69) is 5.32 Å². The summed E-state index contributed by atoms with van der Waals surface area (Å²) >= 11 is 0. The van der Waals surface area contributed by atoms with E-state index in [0.29, 0.717) is 25.9 Å². The van der Waals surface area contributed by atoms with Crippen molar-refractivity contribution in [2.75, 3.05) is 26.2 Å². The number of hydrogen-bond donors (Lipinski definition) is 1. The van der Waals surface area contributed by atoms with Crippen molar-refractivity contribution in [1.29, 1.82) is 0 Å². The van der Waals surface area contributed by atoms with Gasteiger partial charge in [-0.2, -0.15) is 0 Å². The number of alkyl halides is 2. The predicted molar refractivity (Wildman–Crippen MR) is 81.3 cm³/mol. The standard InChI is InChI=1S/C17H20F4N2O/c18-14-10-12(16(24)23-7-3-17(20,21)4-8-23)9-13(15(14)19)11-1-5-22-6-2-11/h9-11,22H,1-8H2. The van der Waals surface area contributed by atoms with Crippen molar-refractivity contribution >= 4 is 5.91 Å². The van der Waals surface area contributed by atoms with Crippen LogP contribution >= 0.6 is 0 Å². The van der Waals surface area contributed by atoms with Crippen LogP contribution in [0.5, 0.6) is 0 Å². The molecule has 132 valence electrons. The summed E-state index contributed by atoms with van der Waals surface area (Å²) in [5, 5.41) is 3.15. The van der Waals surface area contributed by atoms with Crippen LogP contribution in [0.1, 0.15) is 47.5 Å². The van der Waals surface area contributed by atoms with Crippen LogP contribution < -0.4 is 5.32 Å². The molecular formula is C17H20F4N2O. The Morgan fingerprint density at radius 2 is 1.75 bits per heavy atom. The Hall–Kier alpha value is -1.63. The molecule has 0 unspecified atom stereocenters. The molecule has 3 nitrogen and oxygen atoms in total. The molecule has 0 radical (unpaired) electrons. The summed E-state index contributed by atoms with van der Waals surface area (Å²) in [7, 11) is 0. The van der Waals surface area contributed by atoms with E-state index in [-0.39, 0.29) is 30.1 Å². The smallest absolute Gasteiger partial charge is 0.253 e. The van der Waals surface area contributed by atoms with E-state index in [4.69, 9.17) is 0 Å². The van der Waals surface area contributed by atoms with E-state index in [1.54, 1.807) is 0 Å². The molecule has 2 aliphatic heterocycles. The molecule has 0 aromatic heterocycles. The van der Waals surface area contributed by atoms with Gasteiger partial charge in [-0.1, -0.05) is 0 Å². The van der Waals surface area contributed by atoms with E-state index in [1.165, 1.54) is 11.0 Å². The highest BCUT2D eigenvalue weighted by Gasteiger charge is 2.36. The Bertz CT molecular complexity index is 619. The maximum atomic E-state index is 14.2. The van der Waals surface area contributed by atoms with Gasteiger partial charge in [0.2, 0.25) is 0 Å². The number of amides is 1. The number of benzene rings is 1. The molecule has 0 bridgehead atoms. The number of nitrogens with zero attached hydrogens (tertiary/aromatic N) is 1. The van der Waals surface area contributed by atoms with E-state index < -0.39 is 36.3 Å². The fraction of sp³-hybridized carbons (Fsp3) is 0.588. The number of carbonyl (C=O) groups is 1. The van der Waals surface area contributed by atoms with Crippen LogP contribution in [-0.4, -0.2) is 42.9 Å². The second-order valence-corrected chi connectivity index (χ2v) is 6.53. The van der Waals surface area contributed by atoms with Crippen LogP contribution in [0, 0.1) is 11.6 Å². The van der Waals surface area contributed by atoms with Gasteiger partial charge in [-0.25, -0.2) is 17.6 Å². The molecule has 3 rings (SSSR count). The Labute approximate surface area is 138 Å². The second kappa shape index (κ2) is 6.70. The van der Waals surface area contributed by atoms with Crippen molar-refractivity contribution in [2.45, 2.75) is 37.5 Å². The van der Waals surface area contributed by atoms with E-state index in [0.717, 1.165) is 6.07 Å². The second-order valence-electron chi connectivity index (χ2n) is 6.53. The number of hydrogen-bond acceptors (Lipinski definition) is 2. The first-order chi connectivity index (χ1) is 11.4. The summed E-state index contributed by atoms with van der Waals surface area (Å²) in [6, 6.07) is 2.26. The van der Waals surface area contributed by atoms with Gasteiger partial charge < -0.3 is 10.2 Å². The molecule has 1 aromatic carbocycles. The lowest BCUT2D eigenvalue weighted by atomic mass is 9.88. The zero-order valence-corrected chi connectivity index (χ0v) is 13.3. The molecular weight excluding hydrogens is 324 g/mol. The van der Waals surface area contributed by atoms with Crippen LogP contribution in [0.25, 0.3) is 0 Å². The predicted octanol–water partition coefficient (Wildman–Crippen LogP) is 3.30. The van der Waals surface area contributed by atoms with Crippen LogP contribution in [0.15, 0.2) is 12.1 Å². The van der Waals surface area contributed by atoms with Crippen LogP contribution in [0.3, 0.4) is 0 Å². The SMILES string of the molecule is O=C(c1cc(F)c(F)c(C2CCNCC2)c1)N1CCC(F)(F)CC1. The van der Waals surface area contributed by atoms with Gasteiger partial charge in [0.25, 0.3) is 11.8 Å². The third-order valence-electron chi connectivity index (χ3n) is 4.86. The highest BCUT2D eigenvalue weighted by atomic mass is 19.3. The highest BCUT2D eigenvalue weighted by Crippen LogP contribution is 2.31. The first kappa shape index (κ1) is 17.2. The van der Waals surface area contributed by atoms with Crippen molar-refractivity contribution < 1.29 is 22.4 Å². The number of likely N-dealkylation sites (tertiary alicyclic amines) is 1. The lowest BCUT2D eigenvalue weighted by molar-refractivity contribution is -0.0494. The highest BCUT2D eigenvalue weighted by molar-refractivity contribution is 5.94. The Balaban J connectivity index is 1.83. The molecule has 2 fully saturated rings. The number of rotatable bonds is 2. The Kier molecular flexibility index (Phi) is 4.80. The van der Waals surface area contributed by atoms with E-state index >= 15 is 0 Å². The molecule has 2 aliphatic rings. The van der Waals surface area contributed by atoms with E-state index in [1.807, 2.05) is 0 Å². The molecule has 1 N–H and O–H groups in total. The summed E-state index contributed by atoms with van der Waals surface area (Å²) in [6.45, 7) is 1.28. The lowest BCUT2D eigenvalue weighted by Gasteiger charge is -2.32. The molecule has 24 heavy (non-hydrogen) atoms. The molecule has 7 heteroatoms. The summed E-state index contributed by atoms with van der Waals surface area (Å²) < 4.78 is 54.5. The average molecular weight is 344 g/mol. The fourth-order valence-electron chi connectivity index (χ4n) is 3.38. The first-order valence-corrected chi connectivity index (χ1v) is 8.24. The topological polar surface area (TPSA) is 32.3 Å². The molecule has 1 amide bonds. The largest absolute Gasteiger partial charge is 0.338 e. The zero-order chi connectivity index (χ0) is 17.3. The Morgan fingerprint density at radius 1 is 1.12 bits per heavy atom. The fourth-order valence-corrected chi connectivity index (χ4v) is 3.38. The van der Waals surface area contributed by atoms with Crippen LogP contribution in [0.2, 0.25) is 0 Å². The first-order valence-electron chi connectivity index (χ1n) is 8.24.